The molecule has 0 radical (unpaired) electrons. The molecule has 0 aliphatic carbocycles. The van der Waals surface area contributed by atoms with Gasteiger partial charge in [-0.25, -0.2) is 8.78 Å². The number of nitrogens with zero attached hydrogens (tertiary/aromatic N) is 1. The molecule has 4 rings (SSSR count). The molecule has 1 heterocycles. The Morgan fingerprint density at radius 1 is 1.03 bits per heavy atom. The molecular weight excluding hydrogens is 512 g/mol. The number of nitrogens with one attached hydrogen (secondary N) is 1. The molecule has 1 amide bonds. The second-order valence-electron chi connectivity index (χ2n) is 9.31. The van der Waals surface area contributed by atoms with Crippen LogP contribution in [-0.2, 0) is 19.4 Å². The second kappa shape index (κ2) is 11.9. The molecule has 0 aliphatic rings. The zero-order chi connectivity index (χ0) is 27.4. The highest BCUT2D eigenvalue weighted by molar-refractivity contribution is 6.31. The third-order valence-electron chi connectivity index (χ3n) is 6.38. The Morgan fingerprint density at radius 2 is 1.74 bits per heavy atom. The molecule has 9 heteroatoms. The van der Waals surface area contributed by atoms with Crippen LogP contribution >= 0.6 is 11.6 Å². The highest BCUT2D eigenvalue weighted by atomic mass is 35.5. The predicted octanol–water partition coefficient (Wildman–Crippen LogP) is 4.60. The zero-order valence-electron chi connectivity index (χ0n) is 20.8. The average molecular weight is 540 g/mol. The van der Waals surface area contributed by atoms with E-state index in [0.717, 1.165) is 35.7 Å². The third kappa shape index (κ3) is 6.64. The maximum absolute atomic E-state index is 13.7. The first-order chi connectivity index (χ1) is 18.1. The number of carbonyl (C=O) groups is 1. The Labute approximate surface area is 223 Å². The van der Waals surface area contributed by atoms with Gasteiger partial charge >= 0.3 is 0 Å². The SMILES string of the molecule is CCc1cccc(CN(CC(O)C(N)Cc2cc(F)cc(F)c2)C(=O)c2cc(=O)c3cc(Cl)ccc3[nH]2)c1. The summed E-state index contributed by atoms with van der Waals surface area (Å²) in [5.74, 6) is -1.99. The standard InChI is InChI=1S/C29H28ClF2N3O3/c1-2-17-4-3-5-18(8-17)15-35(16-28(37)24(33)11-19-9-21(31)13-22(32)10-19)29(38)26-14-27(36)23-12-20(30)6-7-25(23)34-26/h3-10,12-14,24,28,37H,2,11,15-16,33H2,1H3,(H,34,36). The minimum Gasteiger partial charge on any atom is -0.390 e. The van der Waals surface area contributed by atoms with Crippen molar-refractivity contribution in [3.8, 4) is 0 Å². The number of fused-ring (bicyclic) bond motifs is 1. The average Bonchev–Trinajstić information content (AvgIpc) is 2.87. The quantitative estimate of drug-likeness (QED) is 0.289. The molecule has 2 unspecified atom stereocenters. The molecule has 4 aromatic rings. The van der Waals surface area contributed by atoms with E-state index in [2.05, 4.69) is 4.98 Å². The van der Waals surface area contributed by atoms with Crippen molar-refractivity contribution in [3.63, 3.8) is 0 Å². The normalized spacial score (nSPS) is 12.9. The molecule has 3 aromatic carbocycles. The van der Waals surface area contributed by atoms with Gasteiger partial charge in [0.1, 0.15) is 17.3 Å². The molecule has 1 aromatic heterocycles. The molecule has 6 nitrogen and oxygen atoms in total. The van der Waals surface area contributed by atoms with Crippen molar-refractivity contribution in [3.05, 3.63) is 116 Å². The molecule has 0 saturated carbocycles. The van der Waals surface area contributed by atoms with Crippen molar-refractivity contribution in [2.45, 2.75) is 38.5 Å². The highest BCUT2D eigenvalue weighted by Gasteiger charge is 2.25. The molecule has 0 bridgehead atoms. The Morgan fingerprint density at radius 3 is 2.45 bits per heavy atom. The minimum atomic E-state index is -1.22. The van der Waals surface area contributed by atoms with Gasteiger partial charge < -0.3 is 20.7 Å². The number of halogens is 3. The van der Waals surface area contributed by atoms with Crippen molar-refractivity contribution < 1.29 is 18.7 Å². The van der Waals surface area contributed by atoms with E-state index in [1.165, 1.54) is 17.0 Å². The van der Waals surface area contributed by atoms with E-state index < -0.39 is 29.7 Å². The van der Waals surface area contributed by atoms with Gasteiger partial charge in [-0.15, -0.1) is 0 Å². The van der Waals surface area contributed by atoms with E-state index in [4.69, 9.17) is 17.3 Å². The van der Waals surface area contributed by atoms with E-state index >= 15 is 0 Å². The van der Waals surface area contributed by atoms with Gasteiger partial charge in [-0.2, -0.15) is 0 Å². The number of hydrogen-bond acceptors (Lipinski definition) is 4. The van der Waals surface area contributed by atoms with Crippen molar-refractivity contribution in [2.24, 2.45) is 5.73 Å². The fraction of sp³-hybridized carbons (Fsp3) is 0.241. The van der Waals surface area contributed by atoms with Crippen LogP contribution in [0.1, 0.15) is 34.1 Å². The summed E-state index contributed by atoms with van der Waals surface area (Å²) in [5, 5.41) is 11.7. The van der Waals surface area contributed by atoms with Gasteiger partial charge in [0.2, 0.25) is 0 Å². The summed E-state index contributed by atoms with van der Waals surface area (Å²) >= 11 is 6.01. The number of aromatic amines is 1. The number of H-pyrrole nitrogens is 1. The maximum Gasteiger partial charge on any atom is 0.270 e. The summed E-state index contributed by atoms with van der Waals surface area (Å²) in [6.07, 6.45) is -0.415. The lowest BCUT2D eigenvalue weighted by molar-refractivity contribution is 0.0549. The molecule has 0 fully saturated rings. The molecule has 2 atom stereocenters. The Bertz CT molecular complexity index is 1500. The van der Waals surface area contributed by atoms with Crippen molar-refractivity contribution >= 4 is 28.4 Å². The van der Waals surface area contributed by atoms with E-state index in [9.17, 15) is 23.5 Å². The zero-order valence-corrected chi connectivity index (χ0v) is 21.5. The van der Waals surface area contributed by atoms with Crippen LogP contribution in [-0.4, -0.2) is 39.6 Å². The Balaban J connectivity index is 1.62. The molecule has 0 aliphatic heterocycles. The van der Waals surface area contributed by atoms with E-state index in [1.807, 2.05) is 31.2 Å². The number of aromatic nitrogens is 1. The monoisotopic (exact) mass is 539 g/mol. The van der Waals surface area contributed by atoms with Crippen LogP contribution in [0.25, 0.3) is 10.9 Å². The maximum atomic E-state index is 13.7. The highest BCUT2D eigenvalue weighted by Crippen LogP contribution is 2.18. The molecular formula is C29H28ClF2N3O3. The molecule has 38 heavy (non-hydrogen) atoms. The van der Waals surface area contributed by atoms with Crippen molar-refractivity contribution in [1.82, 2.24) is 9.88 Å². The fourth-order valence-corrected chi connectivity index (χ4v) is 4.56. The molecule has 4 N–H and O–H groups in total. The predicted molar refractivity (Wildman–Crippen MR) is 144 cm³/mol. The number of benzene rings is 3. The number of aliphatic hydroxyl groups is 1. The van der Waals surface area contributed by atoms with Gasteiger partial charge in [-0.3, -0.25) is 9.59 Å². The van der Waals surface area contributed by atoms with E-state index in [0.29, 0.717) is 21.5 Å². The van der Waals surface area contributed by atoms with Crippen LogP contribution < -0.4 is 11.2 Å². The largest absolute Gasteiger partial charge is 0.390 e. The summed E-state index contributed by atoms with van der Waals surface area (Å²) in [4.78, 5) is 30.8. The van der Waals surface area contributed by atoms with Gasteiger partial charge in [0.25, 0.3) is 5.91 Å². The number of pyridine rings is 1. The molecule has 198 valence electrons. The fourth-order valence-electron chi connectivity index (χ4n) is 4.39. The second-order valence-corrected chi connectivity index (χ2v) is 9.75. The van der Waals surface area contributed by atoms with Crippen LogP contribution in [0.15, 0.2) is 71.5 Å². The van der Waals surface area contributed by atoms with Crippen LogP contribution in [0.5, 0.6) is 0 Å². The Hall–Kier alpha value is -3.59. The van der Waals surface area contributed by atoms with Gasteiger partial charge in [0, 0.05) is 47.2 Å². The third-order valence-corrected chi connectivity index (χ3v) is 6.61. The molecule has 0 saturated heterocycles. The smallest absolute Gasteiger partial charge is 0.270 e. The first-order valence-electron chi connectivity index (χ1n) is 12.2. The Kier molecular flexibility index (Phi) is 8.56. The lowest BCUT2D eigenvalue weighted by atomic mass is 10.0. The lowest BCUT2D eigenvalue weighted by Gasteiger charge is -2.28. The first-order valence-corrected chi connectivity index (χ1v) is 12.6. The molecule has 0 spiro atoms. The number of aryl methyl sites for hydroxylation is 1. The number of aliphatic hydroxyl groups excluding tert-OH is 1. The minimum absolute atomic E-state index is 0.00321. The number of rotatable bonds is 9. The van der Waals surface area contributed by atoms with Gasteiger partial charge in [0.05, 0.1) is 6.10 Å². The van der Waals surface area contributed by atoms with Crippen molar-refractivity contribution in [2.75, 3.05) is 6.54 Å². The van der Waals surface area contributed by atoms with E-state index in [1.54, 1.807) is 12.1 Å². The van der Waals surface area contributed by atoms with Gasteiger partial charge in [-0.05, 0) is 59.9 Å². The number of hydrogen-bond donors (Lipinski definition) is 3. The summed E-state index contributed by atoms with van der Waals surface area (Å²) in [7, 11) is 0. The summed E-state index contributed by atoms with van der Waals surface area (Å²) in [5.41, 5.74) is 8.51. The van der Waals surface area contributed by atoms with Crippen LogP contribution in [0.2, 0.25) is 5.02 Å². The summed E-state index contributed by atoms with van der Waals surface area (Å²) in [6.45, 7) is 1.99. The number of carbonyl (C=O) groups excluding carboxylic acids is 1. The van der Waals surface area contributed by atoms with Crippen LogP contribution in [0, 0.1) is 11.6 Å². The number of nitrogens with two attached hydrogens (primary N) is 1. The number of amides is 1. The lowest BCUT2D eigenvalue weighted by Crippen LogP contribution is -2.46. The van der Waals surface area contributed by atoms with Crippen LogP contribution in [0.3, 0.4) is 0 Å². The van der Waals surface area contributed by atoms with Gasteiger partial charge in [-0.1, -0.05) is 42.8 Å². The van der Waals surface area contributed by atoms with Gasteiger partial charge in [0.15, 0.2) is 5.43 Å². The first kappa shape index (κ1) is 27.4. The summed E-state index contributed by atoms with van der Waals surface area (Å²) < 4.78 is 27.2. The topological polar surface area (TPSA) is 99.4 Å². The summed E-state index contributed by atoms with van der Waals surface area (Å²) in [6, 6.07) is 15.8. The van der Waals surface area contributed by atoms with E-state index in [-0.39, 0.29) is 30.6 Å². The van der Waals surface area contributed by atoms with Crippen molar-refractivity contribution in [1.29, 1.82) is 0 Å². The van der Waals surface area contributed by atoms with Crippen LogP contribution in [0.4, 0.5) is 8.78 Å².